The Bertz CT molecular complexity index is 770. The number of halogens is 3. The summed E-state index contributed by atoms with van der Waals surface area (Å²) in [4.78, 5) is 3.46. The van der Waals surface area contributed by atoms with Crippen molar-refractivity contribution in [1.29, 1.82) is 0 Å². The van der Waals surface area contributed by atoms with E-state index < -0.39 is 21.6 Å². The lowest BCUT2D eigenvalue weighted by atomic mass is 10.3. The number of nitrogens with one attached hydrogen (secondary N) is 1. The monoisotopic (exact) mass is 380 g/mol. The van der Waals surface area contributed by atoms with Crippen LogP contribution in [-0.2, 0) is 10.0 Å². The van der Waals surface area contributed by atoms with Crippen LogP contribution in [0.2, 0.25) is 5.15 Å². The highest BCUT2D eigenvalue weighted by Crippen LogP contribution is 2.26. The summed E-state index contributed by atoms with van der Waals surface area (Å²) < 4.78 is 40.0. The van der Waals surface area contributed by atoms with Gasteiger partial charge >= 0.3 is 0 Å². The second-order valence-electron chi connectivity index (χ2n) is 3.71. The number of sulfonamides is 1. The maximum absolute atomic E-state index is 13.2. The molecule has 0 aliphatic rings. The summed E-state index contributed by atoms with van der Waals surface area (Å²) in [6.45, 7) is 0. The van der Waals surface area contributed by atoms with Crippen LogP contribution >= 0.6 is 27.5 Å². The van der Waals surface area contributed by atoms with Crippen molar-refractivity contribution in [3.63, 3.8) is 0 Å². The molecule has 0 saturated heterocycles. The normalized spacial score (nSPS) is 11.3. The molecule has 2 N–H and O–H groups in total. The molecule has 0 aliphatic carbocycles. The lowest BCUT2D eigenvalue weighted by Crippen LogP contribution is -2.14. The van der Waals surface area contributed by atoms with E-state index in [-0.39, 0.29) is 15.7 Å². The lowest BCUT2D eigenvalue weighted by Gasteiger charge is -2.09. The van der Waals surface area contributed by atoms with Crippen LogP contribution in [-0.4, -0.2) is 18.5 Å². The molecule has 1 aromatic heterocycles. The molecule has 0 saturated carbocycles. The summed E-state index contributed by atoms with van der Waals surface area (Å²) >= 11 is 8.83. The molecule has 1 heterocycles. The zero-order chi connectivity index (χ0) is 14.9. The summed E-state index contributed by atoms with van der Waals surface area (Å²) in [6, 6.07) is 4.38. The predicted molar refractivity (Wildman–Crippen MR) is 75.8 cm³/mol. The van der Waals surface area contributed by atoms with E-state index in [0.29, 0.717) is 4.47 Å². The smallest absolute Gasteiger partial charge is 0.265 e. The maximum Gasteiger partial charge on any atom is 0.265 e. The molecule has 0 aliphatic heterocycles. The van der Waals surface area contributed by atoms with Crippen LogP contribution in [0.3, 0.4) is 0 Å². The second-order valence-corrected chi connectivity index (χ2v) is 6.64. The fourth-order valence-corrected chi connectivity index (χ4v) is 3.37. The zero-order valence-electron chi connectivity index (χ0n) is 9.64. The highest BCUT2D eigenvalue weighted by Gasteiger charge is 2.20. The van der Waals surface area contributed by atoms with Crippen LogP contribution in [0.15, 0.2) is 39.8 Å². The summed E-state index contributed by atoms with van der Waals surface area (Å²) in [5.74, 6) is -1.52. The molecule has 0 bridgehead atoms. The molecule has 20 heavy (non-hydrogen) atoms. The molecule has 1 aromatic carbocycles. The van der Waals surface area contributed by atoms with Crippen LogP contribution in [0.1, 0.15) is 0 Å². The van der Waals surface area contributed by atoms with E-state index in [9.17, 15) is 12.8 Å². The lowest BCUT2D eigenvalue weighted by molar-refractivity contribution is 0.432. The summed E-state index contributed by atoms with van der Waals surface area (Å²) in [7, 11) is -4.02. The van der Waals surface area contributed by atoms with Crippen LogP contribution < -0.4 is 4.72 Å². The Kier molecular flexibility index (Phi) is 4.17. The van der Waals surface area contributed by atoms with E-state index in [1.54, 1.807) is 0 Å². The largest absolute Gasteiger partial charge is 0.505 e. The third-order valence-electron chi connectivity index (χ3n) is 2.26. The van der Waals surface area contributed by atoms with E-state index in [4.69, 9.17) is 16.7 Å². The van der Waals surface area contributed by atoms with Crippen LogP contribution in [0, 0.1) is 5.82 Å². The van der Waals surface area contributed by atoms with Crippen LogP contribution in [0.4, 0.5) is 10.1 Å². The van der Waals surface area contributed by atoms with E-state index in [1.807, 2.05) is 0 Å². The molecular weight excluding hydrogens is 375 g/mol. The SMILES string of the molecule is O=S(=O)(Nc1ccc(O)c(F)c1)c1cc(Br)cnc1Cl. The van der Waals surface area contributed by atoms with Crippen molar-refractivity contribution in [1.82, 2.24) is 4.98 Å². The highest BCUT2D eigenvalue weighted by molar-refractivity contribution is 9.10. The van der Waals surface area contributed by atoms with Gasteiger partial charge in [-0.05, 0) is 34.1 Å². The molecule has 0 spiro atoms. The molecule has 2 rings (SSSR count). The first-order valence-corrected chi connectivity index (χ1v) is 7.77. The third-order valence-corrected chi connectivity index (χ3v) is 4.50. The van der Waals surface area contributed by atoms with Gasteiger partial charge in [-0.1, -0.05) is 11.6 Å². The minimum atomic E-state index is -4.02. The molecule has 5 nitrogen and oxygen atoms in total. The summed E-state index contributed by atoms with van der Waals surface area (Å²) in [5.41, 5.74) is -0.0451. The van der Waals surface area contributed by atoms with Crippen LogP contribution in [0.5, 0.6) is 5.75 Å². The number of aromatic nitrogens is 1. The molecule has 0 fully saturated rings. The Balaban J connectivity index is 2.40. The van der Waals surface area contributed by atoms with Crippen molar-refractivity contribution >= 4 is 43.2 Å². The van der Waals surface area contributed by atoms with Gasteiger partial charge in [0, 0.05) is 16.7 Å². The van der Waals surface area contributed by atoms with E-state index >= 15 is 0 Å². The number of anilines is 1. The molecule has 0 radical (unpaired) electrons. The maximum atomic E-state index is 13.2. The fourth-order valence-electron chi connectivity index (χ4n) is 1.37. The van der Waals surface area contributed by atoms with E-state index in [1.165, 1.54) is 18.3 Å². The van der Waals surface area contributed by atoms with Crippen molar-refractivity contribution in [3.05, 3.63) is 45.9 Å². The van der Waals surface area contributed by atoms with Gasteiger partial charge in [-0.3, -0.25) is 4.72 Å². The fraction of sp³-hybridized carbons (Fsp3) is 0. The number of phenolic OH excluding ortho intramolecular Hbond substituents is 1. The van der Waals surface area contributed by atoms with E-state index in [0.717, 1.165) is 12.1 Å². The van der Waals surface area contributed by atoms with Gasteiger partial charge < -0.3 is 5.11 Å². The van der Waals surface area contributed by atoms with Crippen molar-refractivity contribution in [2.45, 2.75) is 4.90 Å². The standard InChI is InChI=1S/C11H7BrClFN2O3S/c12-6-3-10(11(13)15-5-6)20(18,19)16-7-1-2-9(17)8(14)4-7/h1-5,16-17H. The predicted octanol–water partition coefficient (Wildman–Crippen LogP) is 3.14. The van der Waals surface area contributed by atoms with Gasteiger partial charge in [-0.2, -0.15) is 0 Å². The zero-order valence-corrected chi connectivity index (χ0v) is 12.8. The highest BCUT2D eigenvalue weighted by atomic mass is 79.9. The number of hydrogen-bond donors (Lipinski definition) is 2. The summed E-state index contributed by atoms with van der Waals surface area (Å²) in [6.07, 6.45) is 1.35. The number of rotatable bonds is 3. The first-order chi connectivity index (χ1) is 9.29. The molecule has 106 valence electrons. The van der Waals surface area contributed by atoms with Crippen molar-refractivity contribution in [2.24, 2.45) is 0 Å². The third kappa shape index (κ3) is 3.20. The average Bonchev–Trinajstić information content (AvgIpc) is 2.36. The second kappa shape index (κ2) is 5.55. The minimum Gasteiger partial charge on any atom is -0.505 e. The molecule has 0 amide bonds. The minimum absolute atomic E-state index is 0.0451. The topological polar surface area (TPSA) is 79.3 Å². The van der Waals surface area contributed by atoms with Gasteiger partial charge in [-0.25, -0.2) is 17.8 Å². The quantitative estimate of drug-likeness (QED) is 0.632. The Hall–Kier alpha value is -1.38. The molecular formula is C11H7BrClFN2O3S. The Morgan fingerprint density at radius 3 is 2.70 bits per heavy atom. The number of nitrogens with zero attached hydrogens (tertiary/aromatic N) is 1. The first-order valence-electron chi connectivity index (χ1n) is 5.12. The van der Waals surface area contributed by atoms with Gasteiger partial charge in [0.2, 0.25) is 0 Å². The Labute approximate surface area is 127 Å². The van der Waals surface area contributed by atoms with Crippen LogP contribution in [0.25, 0.3) is 0 Å². The number of phenols is 1. The molecule has 0 unspecified atom stereocenters. The Morgan fingerprint density at radius 2 is 2.05 bits per heavy atom. The summed E-state index contributed by atoms with van der Waals surface area (Å²) in [5, 5.41) is 8.84. The number of aromatic hydroxyl groups is 1. The molecule has 2 aromatic rings. The number of pyridine rings is 1. The molecule has 9 heteroatoms. The Morgan fingerprint density at radius 1 is 1.35 bits per heavy atom. The number of hydrogen-bond acceptors (Lipinski definition) is 4. The van der Waals surface area contributed by atoms with Crippen molar-refractivity contribution in [2.75, 3.05) is 4.72 Å². The van der Waals surface area contributed by atoms with Crippen molar-refractivity contribution < 1.29 is 17.9 Å². The van der Waals surface area contributed by atoms with Gasteiger partial charge in [-0.15, -0.1) is 0 Å². The van der Waals surface area contributed by atoms with Gasteiger partial charge in [0.05, 0.1) is 5.69 Å². The number of benzene rings is 1. The average molecular weight is 382 g/mol. The van der Waals surface area contributed by atoms with Gasteiger partial charge in [0.1, 0.15) is 10.0 Å². The first kappa shape index (κ1) is 15.0. The van der Waals surface area contributed by atoms with Gasteiger partial charge in [0.25, 0.3) is 10.0 Å². The van der Waals surface area contributed by atoms with Crippen molar-refractivity contribution in [3.8, 4) is 5.75 Å². The molecule has 0 atom stereocenters. The van der Waals surface area contributed by atoms with Gasteiger partial charge in [0.15, 0.2) is 11.6 Å². The van der Waals surface area contributed by atoms with E-state index in [2.05, 4.69) is 25.6 Å².